The quantitative estimate of drug-likeness (QED) is 0.0707. The fourth-order valence-electron chi connectivity index (χ4n) is 6.54. The topological polar surface area (TPSA) is 107 Å². The van der Waals surface area contributed by atoms with E-state index in [0.717, 1.165) is 71.8 Å². The zero-order valence-electron chi connectivity index (χ0n) is 28.3. The number of aromatic nitrogens is 5. The first-order chi connectivity index (χ1) is 23.6. The molecule has 3 heterocycles. The molecule has 256 valence electrons. The van der Waals surface area contributed by atoms with E-state index in [1.165, 1.54) is 7.11 Å². The minimum Gasteiger partial charge on any atom is -0.507 e. The molecule has 0 aliphatic carbocycles. The highest BCUT2D eigenvalue weighted by Gasteiger charge is 2.28. The summed E-state index contributed by atoms with van der Waals surface area (Å²) in [5.74, 6) is 2.00. The van der Waals surface area contributed by atoms with Crippen LogP contribution in [0.2, 0.25) is 5.02 Å². The molecule has 49 heavy (non-hydrogen) atoms. The number of fused-ring (bicyclic) bond motifs is 2. The Balaban J connectivity index is 1.25. The van der Waals surface area contributed by atoms with Crippen molar-refractivity contribution in [3.8, 4) is 16.9 Å². The molecule has 0 saturated carbocycles. The number of hydrogen-bond donors (Lipinski definition) is 2. The van der Waals surface area contributed by atoms with Gasteiger partial charge in [-0.15, -0.1) is 11.8 Å². The molecule has 0 aliphatic heterocycles. The average Bonchev–Trinajstić information content (AvgIpc) is 3.69. The van der Waals surface area contributed by atoms with Crippen LogP contribution in [0.4, 0.5) is 0 Å². The van der Waals surface area contributed by atoms with Crippen molar-refractivity contribution in [1.29, 1.82) is 0 Å². The van der Waals surface area contributed by atoms with Gasteiger partial charge in [-0.25, -0.2) is 4.79 Å². The standard InChI is InChI=1S/C37H40ClN5O4S2/c1-22-33(23(2)41(3)39-22)34-31(38)13-12-30-29(11-8-15-44)36(37(46)47-5)43(35(30)34)14-16-48-20-25-18-26(42(4)40-25)21-49-27-17-24-9-6-7-10-28(24)32(45)19-27/h6-7,9-10,12-13,17-19,44-45H,8,11,14-16,20-21H2,1-5H3. The molecule has 3 aromatic heterocycles. The largest absolute Gasteiger partial charge is 0.507 e. The van der Waals surface area contributed by atoms with Crippen molar-refractivity contribution in [2.75, 3.05) is 19.5 Å². The lowest BCUT2D eigenvalue weighted by Crippen LogP contribution is -2.14. The summed E-state index contributed by atoms with van der Waals surface area (Å²) in [5.41, 5.74) is 7.92. The summed E-state index contributed by atoms with van der Waals surface area (Å²) in [6.45, 7) is 4.55. The molecule has 6 aromatic rings. The molecule has 6 rings (SSSR count). The predicted molar refractivity (Wildman–Crippen MR) is 200 cm³/mol. The Labute approximate surface area is 299 Å². The van der Waals surface area contributed by atoms with Gasteiger partial charge in [0, 0.05) is 82.7 Å². The number of thioether (sulfide) groups is 2. The SMILES string of the molecule is COC(=O)c1c(CCCO)c2ccc(Cl)c(-c3c(C)nn(C)c3C)c2n1CCSCc1cc(CSc2cc(O)c3ccccc3c2)n(C)n1. The first kappa shape index (κ1) is 34.9. The van der Waals surface area contributed by atoms with Gasteiger partial charge in [0.25, 0.3) is 0 Å². The maximum absolute atomic E-state index is 13.4. The van der Waals surface area contributed by atoms with E-state index in [4.69, 9.17) is 21.4 Å². The number of aromatic hydroxyl groups is 1. The number of ether oxygens (including phenoxy) is 1. The first-order valence-corrected chi connectivity index (χ1v) is 18.6. The number of halogens is 1. The predicted octanol–water partition coefficient (Wildman–Crippen LogP) is 7.84. The van der Waals surface area contributed by atoms with Crippen LogP contribution in [0.25, 0.3) is 32.8 Å². The van der Waals surface area contributed by atoms with Gasteiger partial charge >= 0.3 is 5.97 Å². The maximum Gasteiger partial charge on any atom is 0.354 e. The number of aryl methyl sites for hydroxylation is 5. The first-order valence-electron chi connectivity index (χ1n) is 16.1. The molecule has 0 spiro atoms. The van der Waals surface area contributed by atoms with E-state index < -0.39 is 5.97 Å². The summed E-state index contributed by atoms with van der Waals surface area (Å²) >= 11 is 10.4. The Morgan fingerprint density at radius 1 is 0.980 bits per heavy atom. The number of phenolic OH excluding ortho intramolecular Hbond substituents is 1. The molecule has 0 aliphatic rings. The van der Waals surface area contributed by atoms with Gasteiger partial charge in [0.1, 0.15) is 11.4 Å². The van der Waals surface area contributed by atoms with Gasteiger partial charge < -0.3 is 19.5 Å². The summed E-state index contributed by atoms with van der Waals surface area (Å²) in [5, 5.41) is 33.0. The number of carbonyl (C=O) groups excluding carboxylic acids is 1. The Hall–Kier alpha value is -3.90. The Morgan fingerprint density at radius 2 is 1.78 bits per heavy atom. The summed E-state index contributed by atoms with van der Waals surface area (Å²) in [6, 6.07) is 17.7. The van der Waals surface area contributed by atoms with Crippen LogP contribution in [-0.2, 0) is 43.3 Å². The molecule has 0 atom stereocenters. The third-order valence-corrected chi connectivity index (χ3v) is 11.2. The second-order valence-electron chi connectivity index (χ2n) is 12.0. The van der Waals surface area contributed by atoms with Crippen molar-refractivity contribution in [1.82, 2.24) is 24.1 Å². The number of phenols is 1. The Morgan fingerprint density at radius 3 is 2.51 bits per heavy atom. The van der Waals surface area contributed by atoms with Crippen molar-refractivity contribution < 1.29 is 19.7 Å². The van der Waals surface area contributed by atoms with Gasteiger partial charge in [0.15, 0.2) is 0 Å². The second kappa shape index (κ2) is 14.9. The van der Waals surface area contributed by atoms with Crippen LogP contribution in [-0.4, -0.2) is 59.8 Å². The van der Waals surface area contributed by atoms with Gasteiger partial charge in [0.05, 0.1) is 29.0 Å². The molecular weight excluding hydrogens is 678 g/mol. The molecule has 0 fully saturated rings. The fraction of sp³-hybridized carbons (Fsp3) is 0.324. The Bertz CT molecular complexity index is 2170. The number of aliphatic hydroxyl groups excluding tert-OH is 1. The molecule has 0 bridgehead atoms. The molecule has 0 unspecified atom stereocenters. The number of rotatable bonds is 13. The highest BCUT2D eigenvalue weighted by molar-refractivity contribution is 7.98. The molecule has 12 heteroatoms. The highest BCUT2D eigenvalue weighted by Crippen LogP contribution is 2.42. The van der Waals surface area contributed by atoms with Crippen LogP contribution >= 0.6 is 35.1 Å². The molecular formula is C37H40ClN5O4S2. The summed E-state index contributed by atoms with van der Waals surface area (Å²) in [6.07, 6.45) is 1.04. The third kappa shape index (κ3) is 6.94. The number of nitrogens with zero attached hydrogens (tertiary/aromatic N) is 5. The number of aliphatic hydroxyl groups is 1. The van der Waals surface area contributed by atoms with Crippen LogP contribution in [0.5, 0.6) is 5.75 Å². The second-order valence-corrected chi connectivity index (χ2v) is 14.6. The number of hydrogen-bond acceptors (Lipinski definition) is 8. The molecule has 3 aromatic carbocycles. The number of esters is 1. The zero-order chi connectivity index (χ0) is 34.8. The van der Waals surface area contributed by atoms with E-state index >= 15 is 0 Å². The van der Waals surface area contributed by atoms with E-state index in [9.17, 15) is 15.0 Å². The minimum absolute atomic E-state index is 0.0136. The average molecular weight is 718 g/mol. The van der Waals surface area contributed by atoms with Crippen LogP contribution in [0.15, 0.2) is 59.5 Å². The lowest BCUT2D eigenvalue weighted by Gasteiger charge is -2.14. The van der Waals surface area contributed by atoms with E-state index in [2.05, 4.69) is 17.2 Å². The molecule has 0 amide bonds. The van der Waals surface area contributed by atoms with E-state index in [1.54, 1.807) is 23.5 Å². The lowest BCUT2D eigenvalue weighted by molar-refractivity contribution is 0.0587. The van der Waals surface area contributed by atoms with Gasteiger partial charge in [-0.1, -0.05) is 41.9 Å². The van der Waals surface area contributed by atoms with Crippen LogP contribution in [0.3, 0.4) is 0 Å². The van der Waals surface area contributed by atoms with Crippen LogP contribution < -0.4 is 0 Å². The van der Waals surface area contributed by atoms with Gasteiger partial charge in [-0.2, -0.15) is 22.0 Å². The smallest absolute Gasteiger partial charge is 0.354 e. The fourth-order valence-corrected chi connectivity index (χ4v) is 8.59. The minimum atomic E-state index is -0.414. The van der Waals surface area contributed by atoms with Crippen LogP contribution in [0.1, 0.15) is 45.2 Å². The summed E-state index contributed by atoms with van der Waals surface area (Å²) in [7, 11) is 5.27. The van der Waals surface area contributed by atoms with Crippen molar-refractivity contribution in [3.63, 3.8) is 0 Å². The van der Waals surface area contributed by atoms with Gasteiger partial charge in [-0.05, 0) is 61.9 Å². The molecule has 0 saturated heterocycles. The van der Waals surface area contributed by atoms with Crippen molar-refractivity contribution >= 4 is 62.8 Å². The molecule has 9 nitrogen and oxygen atoms in total. The molecule has 0 radical (unpaired) electrons. The Kier molecular flexibility index (Phi) is 10.6. The summed E-state index contributed by atoms with van der Waals surface area (Å²) < 4.78 is 11.1. The number of benzene rings is 3. The highest BCUT2D eigenvalue weighted by atomic mass is 35.5. The monoisotopic (exact) mass is 717 g/mol. The zero-order valence-corrected chi connectivity index (χ0v) is 30.7. The van der Waals surface area contributed by atoms with Gasteiger partial charge in [0.2, 0.25) is 0 Å². The number of carbonyl (C=O) groups is 1. The third-order valence-electron chi connectivity index (χ3n) is 8.94. The van der Waals surface area contributed by atoms with Gasteiger partial charge in [-0.3, -0.25) is 9.36 Å². The van der Waals surface area contributed by atoms with E-state index in [-0.39, 0.29) is 12.4 Å². The molecule has 2 N–H and O–H groups in total. The lowest BCUT2D eigenvalue weighted by atomic mass is 9.98. The number of methoxy groups -OCH3 is 1. The van der Waals surface area contributed by atoms with Crippen molar-refractivity contribution in [2.24, 2.45) is 14.1 Å². The maximum atomic E-state index is 13.4. The van der Waals surface area contributed by atoms with Crippen molar-refractivity contribution in [2.45, 2.75) is 49.6 Å². The summed E-state index contributed by atoms with van der Waals surface area (Å²) in [4.78, 5) is 14.4. The van der Waals surface area contributed by atoms with Crippen LogP contribution in [0, 0.1) is 13.8 Å². The normalized spacial score (nSPS) is 11.7. The van der Waals surface area contributed by atoms with E-state index in [0.29, 0.717) is 41.6 Å². The van der Waals surface area contributed by atoms with Crippen molar-refractivity contribution in [3.05, 3.63) is 93.7 Å². The van der Waals surface area contributed by atoms with E-state index in [1.807, 2.05) is 84.3 Å².